The minimum atomic E-state index is -0.622. The van der Waals surface area contributed by atoms with E-state index in [1.165, 1.54) is 19.5 Å². The van der Waals surface area contributed by atoms with Crippen LogP contribution in [0.5, 0.6) is 5.75 Å². The Labute approximate surface area is 57.4 Å². The van der Waals surface area contributed by atoms with Gasteiger partial charge in [-0.1, -0.05) is 0 Å². The van der Waals surface area contributed by atoms with Crippen LogP contribution in [0.2, 0.25) is 0 Å². The summed E-state index contributed by atoms with van der Waals surface area (Å²) in [5, 5.41) is 3.60. The third-order valence-corrected chi connectivity index (χ3v) is 1.02. The molecule has 1 heterocycles. The van der Waals surface area contributed by atoms with Crippen molar-refractivity contribution in [2.24, 2.45) is 5.73 Å². The molecule has 0 spiro atoms. The van der Waals surface area contributed by atoms with Gasteiger partial charge in [0.05, 0.1) is 19.5 Å². The number of hydrogen-bond donors (Lipinski definition) is 1. The lowest BCUT2D eigenvalue weighted by Crippen LogP contribution is -2.19. The molecule has 0 aliphatic carbocycles. The zero-order chi connectivity index (χ0) is 7.56. The Morgan fingerprint density at radius 2 is 2.60 bits per heavy atom. The van der Waals surface area contributed by atoms with E-state index in [9.17, 15) is 4.79 Å². The first-order valence-corrected chi connectivity index (χ1v) is 2.62. The van der Waals surface area contributed by atoms with Crippen LogP contribution in [0.3, 0.4) is 0 Å². The van der Waals surface area contributed by atoms with Gasteiger partial charge in [0.25, 0.3) is 0 Å². The normalized spacial score (nSPS) is 9.30. The standard InChI is InChI=1S/C5H7N3O2/c1-10-4-2-7-8(3-4)5(6)9/h2-3H,1H3,(H2,6,9). The summed E-state index contributed by atoms with van der Waals surface area (Å²) in [4.78, 5) is 10.4. The fourth-order valence-electron chi connectivity index (χ4n) is 0.532. The monoisotopic (exact) mass is 141 g/mol. The van der Waals surface area contributed by atoms with Crippen LogP contribution in [0.15, 0.2) is 12.4 Å². The molecule has 1 aromatic rings. The van der Waals surface area contributed by atoms with Gasteiger partial charge in [0.15, 0.2) is 5.75 Å². The van der Waals surface area contributed by atoms with Gasteiger partial charge >= 0.3 is 6.03 Å². The summed E-state index contributed by atoms with van der Waals surface area (Å²) in [5.41, 5.74) is 4.89. The van der Waals surface area contributed by atoms with Crippen LogP contribution in [0, 0.1) is 0 Å². The maximum Gasteiger partial charge on any atom is 0.339 e. The number of nitrogens with zero attached hydrogens (tertiary/aromatic N) is 2. The number of aromatic nitrogens is 2. The Morgan fingerprint density at radius 3 is 2.90 bits per heavy atom. The molecule has 5 nitrogen and oxygen atoms in total. The number of nitrogens with two attached hydrogens (primary N) is 1. The molecule has 2 N–H and O–H groups in total. The van der Waals surface area contributed by atoms with E-state index in [0.29, 0.717) is 5.75 Å². The van der Waals surface area contributed by atoms with E-state index in [1.54, 1.807) is 0 Å². The van der Waals surface area contributed by atoms with Crippen molar-refractivity contribution in [1.82, 2.24) is 9.78 Å². The maximum atomic E-state index is 10.4. The van der Waals surface area contributed by atoms with Crippen molar-refractivity contribution in [2.75, 3.05) is 7.11 Å². The van der Waals surface area contributed by atoms with Crippen molar-refractivity contribution in [3.63, 3.8) is 0 Å². The Morgan fingerprint density at radius 1 is 1.90 bits per heavy atom. The molecule has 54 valence electrons. The van der Waals surface area contributed by atoms with E-state index in [0.717, 1.165) is 4.68 Å². The summed E-state index contributed by atoms with van der Waals surface area (Å²) in [7, 11) is 1.49. The minimum Gasteiger partial charge on any atom is -0.493 e. The van der Waals surface area contributed by atoms with E-state index in [2.05, 4.69) is 5.10 Å². The average Bonchev–Trinajstić information content (AvgIpc) is 2.34. The van der Waals surface area contributed by atoms with Crippen molar-refractivity contribution < 1.29 is 9.53 Å². The average molecular weight is 141 g/mol. The second-order valence-corrected chi connectivity index (χ2v) is 1.66. The zero-order valence-electron chi connectivity index (χ0n) is 5.44. The number of carbonyl (C=O) groups excluding carboxylic acids is 1. The number of primary amides is 1. The first-order chi connectivity index (χ1) is 4.74. The highest BCUT2D eigenvalue weighted by Gasteiger charge is 2.00. The molecule has 0 bridgehead atoms. The predicted molar refractivity (Wildman–Crippen MR) is 33.8 cm³/mol. The SMILES string of the molecule is COc1cnn(C(N)=O)c1. The molecule has 0 radical (unpaired) electrons. The Hall–Kier alpha value is -1.52. The van der Waals surface area contributed by atoms with Gasteiger partial charge in [-0.3, -0.25) is 0 Å². The third kappa shape index (κ3) is 1.07. The molecule has 0 aromatic carbocycles. The van der Waals surface area contributed by atoms with E-state index in [1.807, 2.05) is 0 Å². The van der Waals surface area contributed by atoms with Crippen LogP contribution >= 0.6 is 0 Å². The molecule has 0 unspecified atom stereocenters. The van der Waals surface area contributed by atoms with Crippen molar-refractivity contribution >= 4 is 6.03 Å². The lowest BCUT2D eigenvalue weighted by Gasteiger charge is -1.89. The number of hydrogen-bond acceptors (Lipinski definition) is 3. The topological polar surface area (TPSA) is 70.1 Å². The molecular weight excluding hydrogens is 134 g/mol. The Balaban J connectivity index is 2.88. The summed E-state index contributed by atoms with van der Waals surface area (Å²) in [6.07, 6.45) is 2.81. The number of amides is 1. The molecule has 1 rings (SSSR count). The summed E-state index contributed by atoms with van der Waals surface area (Å²) >= 11 is 0. The lowest BCUT2D eigenvalue weighted by molar-refractivity contribution is 0.247. The molecule has 10 heavy (non-hydrogen) atoms. The molecule has 0 saturated heterocycles. The van der Waals surface area contributed by atoms with Crippen molar-refractivity contribution in [1.29, 1.82) is 0 Å². The lowest BCUT2D eigenvalue weighted by atomic mass is 10.7. The van der Waals surface area contributed by atoms with Gasteiger partial charge in [-0.05, 0) is 0 Å². The zero-order valence-corrected chi connectivity index (χ0v) is 5.44. The first-order valence-electron chi connectivity index (χ1n) is 2.62. The van der Waals surface area contributed by atoms with E-state index in [-0.39, 0.29) is 0 Å². The van der Waals surface area contributed by atoms with Gasteiger partial charge in [-0.25, -0.2) is 4.79 Å². The smallest absolute Gasteiger partial charge is 0.339 e. The minimum absolute atomic E-state index is 0.513. The Bertz CT molecular complexity index is 243. The Kier molecular flexibility index (Phi) is 1.57. The van der Waals surface area contributed by atoms with Crippen LogP contribution < -0.4 is 10.5 Å². The molecule has 0 aliphatic rings. The van der Waals surface area contributed by atoms with Crippen molar-refractivity contribution in [2.45, 2.75) is 0 Å². The van der Waals surface area contributed by atoms with Gasteiger partial charge in [-0.2, -0.15) is 9.78 Å². The van der Waals surface area contributed by atoms with Gasteiger partial charge in [0.2, 0.25) is 0 Å². The third-order valence-electron chi connectivity index (χ3n) is 1.02. The number of carbonyl (C=O) groups is 1. The molecule has 0 saturated carbocycles. The molecule has 1 aromatic heterocycles. The number of methoxy groups -OCH3 is 1. The van der Waals surface area contributed by atoms with Gasteiger partial charge < -0.3 is 10.5 Å². The van der Waals surface area contributed by atoms with E-state index < -0.39 is 6.03 Å². The van der Waals surface area contributed by atoms with Gasteiger partial charge in [-0.15, -0.1) is 0 Å². The highest BCUT2D eigenvalue weighted by atomic mass is 16.5. The van der Waals surface area contributed by atoms with Crippen molar-refractivity contribution in [3.05, 3.63) is 12.4 Å². The molecule has 5 heteroatoms. The fourth-order valence-corrected chi connectivity index (χ4v) is 0.532. The maximum absolute atomic E-state index is 10.4. The fraction of sp³-hybridized carbons (Fsp3) is 0.200. The summed E-state index contributed by atoms with van der Waals surface area (Å²) in [6, 6.07) is -0.622. The molecular formula is C5H7N3O2. The highest BCUT2D eigenvalue weighted by molar-refractivity contribution is 5.73. The summed E-state index contributed by atoms with van der Waals surface area (Å²) in [5.74, 6) is 0.513. The van der Waals surface area contributed by atoms with Crippen LogP contribution in [0.1, 0.15) is 0 Å². The first kappa shape index (κ1) is 6.60. The largest absolute Gasteiger partial charge is 0.493 e. The summed E-state index contributed by atoms with van der Waals surface area (Å²) < 4.78 is 5.75. The van der Waals surface area contributed by atoms with E-state index in [4.69, 9.17) is 10.5 Å². The van der Waals surface area contributed by atoms with Crippen LogP contribution in [0.25, 0.3) is 0 Å². The van der Waals surface area contributed by atoms with Crippen molar-refractivity contribution in [3.8, 4) is 5.75 Å². The van der Waals surface area contributed by atoms with E-state index >= 15 is 0 Å². The van der Waals surface area contributed by atoms with Gasteiger partial charge in [0.1, 0.15) is 0 Å². The second kappa shape index (κ2) is 2.38. The number of rotatable bonds is 1. The predicted octanol–water partition coefficient (Wildman–Crippen LogP) is -0.181. The molecule has 1 amide bonds. The van der Waals surface area contributed by atoms with Gasteiger partial charge in [0, 0.05) is 0 Å². The molecule has 0 aliphatic heterocycles. The van der Waals surface area contributed by atoms with Crippen LogP contribution in [-0.2, 0) is 0 Å². The van der Waals surface area contributed by atoms with Crippen LogP contribution in [-0.4, -0.2) is 22.9 Å². The quantitative estimate of drug-likeness (QED) is 0.589. The molecule has 0 fully saturated rings. The number of ether oxygens (including phenoxy) is 1. The highest BCUT2D eigenvalue weighted by Crippen LogP contribution is 2.04. The second-order valence-electron chi connectivity index (χ2n) is 1.66. The van der Waals surface area contributed by atoms with Crippen LogP contribution in [0.4, 0.5) is 4.79 Å². The summed E-state index contributed by atoms with van der Waals surface area (Å²) in [6.45, 7) is 0. The molecule has 0 atom stereocenters.